The lowest BCUT2D eigenvalue weighted by atomic mass is 10.1. The van der Waals surface area contributed by atoms with E-state index in [4.69, 9.17) is 10.5 Å². The minimum Gasteiger partial charge on any atom is -0.379 e. The lowest BCUT2D eigenvalue weighted by Crippen LogP contribution is -2.20. The quantitative estimate of drug-likeness (QED) is 0.877. The Balaban J connectivity index is 1.83. The summed E-state index contributed by atoms with van der Waals surface area (Å²) in [5, 5.41) is 0. The number of hydrogen-bond donors (Lipinski definition) is 1. The number of nitrogens with two attached hydrogens (primary N) is 1. The summed E-state index contributed by atoms with van der Waals surface area (Å²) < 4.78 is 32.0. The molecule has 0 heterocycles. The molecule has 1 aliphatic carbocycles. The zero-order chi connectivity index (χ0) is 13.0. The van der Waals surface area contributed by atoms with E-state index in [9.17, 15) is 8.78 Å². The van der Waals surface area contributed by atoms with Crippen LogP contribution in [-0.4, -0.2) is 13.2 Å². The Bertz CT molecular complexity index is 391. The standard InChI is InChI=1S/C14H19F2NO/c15-12-7-3-6-11(14(12)16)13(17)9-18-8-10-4-1-2-5-10/h3,6-7,10,13H,1-2,4-5,8-9,17H2. The van der Waals surface area contributed by atoms with Gasteiger partial charge in [-0.1, -0.05) is 25.0 Å². The van der Waals surface area contributed by atoms with Gasteiger partial charge in [-0.25, -0.2) is 8.78 Å². The van der Waals surface area contributed by atoms with Crippen molar-refractivity contribution in [2.45, 2.75) is 31.7 Å². The highest BCUT2D eigenvalue weighted by Crippen LogP contribution is 2.25. The van der Waals surface area contributed by atoms with Crippen molar-refractivity contribution in [2.75, 3.05) is 13.2 Å². The number of rotatable bonds is 5. The Kier molecular flexibility index (Phi) is 4.66. The van der Waals surface area contributed by atoms with Crippen molar-refractivity contribution >= 4 is 0 Å². The molecule has 0 aromatic heterocycles. The molecule has 0 bridgehead atoms. The highest BCUT2D eigenvalue weighted by molar-refractivity contribution is 5.22. The van der Waals surface area contributed by atoms with Gasteiger partial charge in [0.1, 0.15) is 0 Å². The van der Waals surface area contributed by atoms with Crippen molar-refractivity contribution in [2.24, 2.45) is 11.7 Å². The lowest BCUT2D eigenvalue weighted by molar-refractivity contribution is 0.0897. The van der Waals surface area contributed by atoms with Gasteiger partial charge in [0.2, 0.25) is 0 Å². The number of hydrogen-bond acceptors (Lipinski definition) is 2. The van der Waals surface area contributed by atoms with E-state index in [1.807, 2.05) is 0 Å². The fourth-order valence-corrected chi connectivity index (χ4v) is 2.44. The molecule has 0 amide bonds. The first-order valence-electron chi connectivity index (χ1n) is 6.45. The molecule has 0 saturated heterocycles. The molecule has 4 heteroatoms. The molecule has 2 rings (SSSR count). The number of benzene rings is 1. The van der Waals surface area contributed by atoms with E-state index in [1.165, 1.54) is 37.8 Å². The molecule has 2 N–H and O–H groups in total. The Hall–Kier alpha value is -1.00. The highest BCUT2D eigenvalue weighted by atomic mass is 19.2. The monoisotopic (exact) mass is 255 g/mol. The third kappa shape index (κ3) is 3.27. The Morgan fingerprint density at radius 1 is 1.28 bits per heavy atom. The summed E-state index contributed by atoms with van der Waals surface area (Å²) in [6, 6.07) is 3.44. The van der Waals surface area contributed by atoms with Crippen LogP contribution in [0.2, 0.25) is 0 Å². The van der Waals surface area contributed by atoms with Crippen molar-refractivity contribution in [3.05, 3.63) is 35.4 Å². The Labute approximate surface area is 106 Å². The zero-order valence-corrected chi connectivity index (χ0v) is 10.4. The number of halogens is 2. The summed E-state index contributed by atoms with van der Waals surface area (Å²) in [6.07, 6.45) is 4.92. The van der Waals surface area contributed by atoms with Gasteiger partial charge in [0.25, 0.3) is 0 Å². The minimum absolute atomic E-state index is 0.182. The SMILES string of the molecule is NC(COCC1CCCC1)c1cccc(F)c1F. The van der Waals surface area contributed by atoms with Crippen molar-refractivity contribution < 1.29 is 13.5 Å². The molecule has 1 atom stereocenters. The maximum atomic E-state index is 13.5. The minimum atomic E-state index is -0.866. The molecule has 1 aromatic rings. The molecular formula is C14H19F2NO. The van der Waals surface area contributed by atoms with Crippen LogP contribution < -0.4 is 5.73 Å². The maximum Gasteiger partial charge on any atom is 0.163 e. The molecular weight excluding hydrogens is 236 g/mol. The summed E-state index contributed by atoms with van der Waals surface area (Å²) in [5.41, 5.74) is 6.00. The van der Waals surface area contributed by atoms with E-state index in [2.05, 4.69) is 0 Å². The van der Waals surface area contributed by atoms with Crippen molar-refractivity contribution in [3.8, 4) is 0 Å². The molecule has 1 saturated carbocycles. The van der Waals surface area contributed by atoms with Crippen molar-refractivity contribution in [1.29, 1.82) is 0 Å². The second-order valence-corrected chi connectivity index (χ2v) is 4.94. The molecule has 1 fully saturated rings. The third-order valence-electron chi connectivity index (χ3n) is 3.51. The largest absolute Gasteiger partial charge is 0.379 e. The van der Waals surface area contributed by atoms with E-state index in [0.29, 0.717) is 12.5 Å². The predicted molar refractivity (Wildman–Crippen MR) is 66.1 cm³/mol. The fraction of sp³-hybridized carbons (Fsp3) is 0.571. The molecule has 1 unspecified atom stereocenters. The van der Waals surface area contributed by atoms with E-state index in [0.717, 1.165) is 6.07 Å². The third-order valence-corrected chi connectivity index (χ3v) is 3.51. The van der Waals surface area contributed by atoms with E-state index in [1.54, 1.807) is 0 Å². The van der Waals surface area contributed by atoms with Crippen LogP contribution in [0.1, 0.15) is 37.3 Å². The van der Waals surface area contributed by atoms with Gasteiger partial charge in [0.05, 0.1) is 12.6 Å². The van der Waals surface area contributed by atoms with Gasteiger partial charge < -0.3 is 10.5 Å². The van der Waals surface area contributed by atoms with Crippen LogP contribution in [0.25, 0.3) is 0 Å². The summed E-state index contributed by atoms with van der Waals surface area (Å²) in [7, 11) is 0. The molecule has 0 aliphatic heterocycles. The first-order valence-corrected chi connectivity index (χ1v) is 6.45. The molecule has 2 nitrogen and oxygen atoms in total. The normalized spacial score (nSPS) is 18.2. The van der Waals surface area contributed by atoms with Crippen molar-refractivity contribution in [3.63, 3.8) is 0 Å². The van der Waals surface area contributed by atoms with Gasteiger partial charge in [0.15, 0.2) is 11.6 Å². The molecule has 0 spiro atoms. The first-order chi connectivity index (χ1) is 8.68. The van der Waals surface area contributed by atoms with Crippen LogP contribution in [0.3, 0.4) is 0 Å². The van der Waals surface area contributed by atoms with Crippen molar-refractivity contribution in [1.82, 2.24) is 0 Å². The molecule has 1 aromatic carbocycles. The summed E-state index contributed by atoms with van der Waals surface area (Å²) >= 11 is 0. The average Bonchev–Trinajstić information content (AvgIpc) is 2.85. The molecule has 1 aliphatic rings. The average molecular weight is 255 g/mol. The predicted octanol–water partition coefficient (Wildman–Crippen LogP) is 3.17. The van der Waals surface area contributed by atoms with Crippen LogP contribution in [0.15, 0.2) is 18.2 Å². The molecule has 0 radical (unpaired) electrons. The van der Waals surface area contributed by atoms with E-state index < -0.39 is 17.7 Å². The van der Waals surface area contributed by atoms with Gasteiger partial charge in [0, 0.05) is 12.2 Å². The lowest BCUT2D eigenvalue weighted by Gasteiger charge is -2.15. The summed E-state index contributed by atoms with van der Waals surface area (Å²) in [4.78, 5) is 0. The first kappa shape index (κ1) is 13.4. The topological polar surface area (TPSA) is 35.2 Å². The van der Waals surface area contributed by atoms with E-state index in [-0.39, 0.29) is 12.2 Å². The van der Waals surface area contributed by atoms with Gasteiger partial charge >= 0.3 is 0 Å². The molecule has 18 heavy (non-hydrogen) atoms. The fourth-order valence-electron chi connectivity index (χ4n) is 2.44. The van der Waals surface area contributed by atoms with Crippen LogP contribution in [0.4, 0.5) is 8.78 Å². The van der Waals surface area contributed by atoms with Gasteiger partial charge in [-0.2, -0.15) is 0 Å². The summed E-state index contributed by atoms with van der Waals surface area (Å²) in [6.45, 7) is 0.904. The second kappa shape index (κ2) is 6.25. The second-order valence-electron chi connectivity index (χ2n) is 4.94. The van der Waals surface area contributed by atoms with Crippen LogP contribution in [0.5, 0.6) is 0 Å². The Morgan fingerprint density at radius 3 is 2.72 bits per heavy atom. The van der Waals surface area contributed by atoms with Gasteiger partial charge in [-0.15, -0.1) is 0 Å². The van der Waals surface area contributed by atoms with E-state index >= 15 is 0 Å². The van der Waals surface area contributed by atoms with Crippen LogP contribution >= 0.6 is 0 Å². The van der Waals surface area contributed by atoms with Gasteiger partial charge in [-0.3, -0.25) is 0 Å². The smallest absolute Gasteiger partial charge is 0.163 e. The zero-order valence-electron chi connectivity index (χ0n) is 10.4. The van der Waals surface area contributed by atoms with Crippen LogP contribution in [0, 0.1) is 17.6 Å². The Morgan fingerprint density at radius 2 is 2.00 bits per heavy atom. The summed E-state index contributed by atoms with van der Waals surface area (Å²) in [5.74, 6) is -1.12. The molecule has 100 valence electrons. The van der Waals surface area contributed by atoms with Crippen LogP contribution in [-0.2, 0) is 4.74 Å². The van der Waals surface area contributed by atoms with Gasteiger partial charge in [-0.05, 0) is 24.8 Å². The maximum absolute atomic E-state index is 13.5. The highest BCUT2D eigenvalue weighted by Gasteiger charge is 2.17. The number of ether oxygens (including phenoxy) is 1.